The highest BCUT2D eigenvalue weighted by Crippen LogP contribution is 2.35. The van der Waals surface area contributed by atoms with Gasteiger partial charge in [0.15, 0.2) is 0 Å². The van der Waals surface area contributed by atoms with Crippen molar-refractivity contribution in [3.63, 3.8) is 0 Å². The third kappa shape index (κ3) is 7.70. The van der Waals surface area contributed by atoms with Gasteiger partial charge in [0.1, 0.15) is 18.5 Å². The molecule has 3 aromatic carbocycles. The molecule has 44 heavy (non-hydrogen) atoms. The Bertz CT molecular complexity index is 1570. The summed E-state index contributed by atoms with van der Waals surface area (Å²) in [6.07, 6.45) is 0.569. The zero-order valence-corrected chi connectivity index (χ0v) is 25.7. The number of methoxy groups -OCH3 is 1. The molecular weight excluding hydrogens is 601 g/mol. The van der Waals surface area contributed by atoms with Gasteiger partial charge in [0.25, 0.3) is 0 Å². The second-order valence-corrected chi connectivity index (χ2v) is 11.8. The Morgan fingerprint density at radius 1 is 1.07 bits per heavy atom. The van der Waals surface area contributed by atoms with Gasteiger partial charge in [-0.15, -0.1) is 0 Å². The molecule has 0 spiro atoms. The average Bonchev–Trinajstić information content (AvgIpc) is 3.03. The standard InChI is InChI=1S/C34H35Cl2N3O5/c1-43-32-13-10-23(18-38-32)21-8-6-20(7-9-21)14-28(37)29(40)16-24(15-22-4-2-3-5-27(22)36)34(42)39-33-26-17-25(35)11-12-31(26)44-19-30(33)41/h2-13,17-18,24,28-30,33,40-41H,14-16,19,37H2,1H3,(H,39,42)/t24-,28+,29+,30-,33+/m1/s1. The van der Waals surface area contributed by atoms with Crippen LogP contribution < -0.4 is 20.5 Å². The summed E-state index contributed by atoms with van der Waals surface area (Å²) < 4.78 is 10.8. The third-order valence-corrected chi connectivity index (χ3v) is 8.52. The molecule has 8 nitrogen and oxygen atoms in total. The number of carbonyl (C=O) groups excluding carboxylic acids is 1. The number of aliphatic hydroxyl groups excluding tert-OH is 2. The summed E-state index contributed by atoms with van der Waals surface area (Å²) in [6.45, 7) is 0.0238. The van der Waals surface area contributed by atoms with Crippen LogP contribution >= 0.6 is 23.2 Å². The lowest BCUT2D eigenvalue weighted by molar-refractivity contribution is -0.128. The van der Waals surface area contributed by atoms with Gasteiger partial charge in [0, 0.05) is 45.4 Å². The molecule has 5 rings (SSSR count). The zero-order valence-electron chi connectivity index (χ0n) is 24.2. The van der Waals surface area contributed by atoms with Gasteiger partial charge in [-0.2, -0.15) is 0 Å². The number of nitrogens with zero attached hydrogens (tertiary/aromatic N) is 1. The van der Waals surface area contributed by atoms with Gasteiger partial charge in [-0.25, -0.2) is 4.98 Å². The van der Waals surface area contributed by atoms with Gasteiger partial charge in [-0.3, -0.25) is 4.79 Å². The molecule has 1 aliphatic rings. The van der Waals surface area contributed by atoms with Gasteiger partial charge in [-0.1, -0.05) is 65.7 Å². The van der Waals surface area contributed by atoms with E-state index in [9.17, 15) is 15.0 Å². The van der Waals surface area contributed by atoms with Crippen molar-refractivity contribution in [3.05, 3.63) is 112 Å². The van der Waals surface area contributed by atoms with E-state index in [4.69, 9.17) is 38.4 Å². The van der Waals surface area contributed by atoms with E-state index in [0.29, 0.717) is 33.7 Å². The number of ether oxygens (including phenoxy) is 2. The number of nitrogens with one attached hydrogen (secondary N) is 1. The van der Waals surface area contributed by atoms with Crippen molar-refractivity contribution in [3.8, 4) is 22.8 Å². The molecule has 5 N–H and O–H groups in total. The molecule has 5 atom stereocenters. The van der Waals surface area contributed by atoms with Crippen LogP contribution in [0.3, 0.4) is 0 Å². The molecule has 0 unspecified atom stereocenters. The van der Waals surface area contributed by atoms with E-state index in [1.807, 2.05) is 48.5 Å². The van der Waals surface area contributed by atoms with Gasteiger partial charge < -0.3 is 30.7 Å². The maximum Gasteiger partial charge on any atom is 0.224 e. The van der Waals surface area contributed by atoms with E-state index in [0.717, 1.165) is 22.3 Å². The number of amides is 1. The van der Waals surface area contributed by atoms with Crippen LogP contribution in [0, 0.1) is 5.92 Å². The highest BCUT2D eigenvalue weighted by Gasteiger charge is 2.34. The van der Waals surface area contributed by atoms with E-state index < -0.39 is 30.2 Å². The van der Waals surface area contributed by atoms with Crippen LogP contribution in [0.2, 0.25) is 10.0 Å². The number of benzene rings is 3. The lowest BCUT2D eigenvalue weighted by Crippen LogP contribution is -2.46. The number of rotatable bonds is 11. The summed E-state index contributed by atoms with van der Waals surface area (Å²) in [5, 5.41) is 25.9. The Morgan fingerprint density at radius 2 is 1.82 bits per heavy atom. The smallest absolute Gasteiger partial charge is 0.224 e. The number of aliphatic hydroxyl groups is 2. The zero-order chi connectivity index (χ0) is 31.2. The fraction of sp³-hybridized carbons (Fsp3) is 0.294. The molecule has 1 amide bonds. The Labute approximate surface area is 266 Å². The second-order valence-electron chi connectivity index (χ2n) is 11.0. The topological polar surface area (TPSA) is 127 Å². The quantitative estimate of drug-likeness (QED) is 0.179. The van der Waals surface area contributed by atoms with Crippen LogP contribution in [0.4, 0.5) is 0 Å². The normalized spacial score (nSPS) is 18.0. The van der Waals surface area contributed by atoms with Gasteiger partial charge >= 0.3 is 0 Å². The van der Waals surface area contributed by atoms with E-state index in [-0.39, 0.29) is 25.4 Å². The number of aromatic nitrogens is 1. The van der Waals surface area contributed by atoms with Gasteiger partial charge in [0.05, 0.1) is 19.3 Å². The molecule has 0 aliphatic carbocycles. The lowest BCUT2D eigenvalue weighted by Gasteiger charge is -2.33. The van der Waals surface area contributed by atoms with Gasteiger partial charge in [0.2, 0.25) is 11.8 Å². The SMILES string of the molecule is COc1ccc(-c2ccc(C[C@H](N)[C@@H](O)C[C@@H](Cc3ccccc3Cl)C(=O)N[C@H]3c4cc(Cl)ccc4OC[C@H]3O)cc2)cn1. The average molecular weight is 637 g/mol. The van der Waals surface area contributed by atoms with Crippen LogP contribution in [0.15, 0.2) is 85.1 Å². The maximum absolute atomic E-state index is 13.8. The maximum atomic E-state index is 13.8. The number of nitrogens with two attached hydrogens (primary N) is 1. The minimum atomic E-state index is -0.986. The van der Waals surface area contributed by atoms with Gasteiger partial charge in [-0.05, 0) is 66.3 Å². The van der Waals surface area contributed by atoms with Crippen molar-refractivity contribution in [2.75, 3.05) is 13.7 Å². The molecule has 0 saturated heterocycles. The first kappa shape index (κ1) is 31.8. The molecule has 1 aromatic heterocycles. The van der Waals surface area contributed by atoms with Crippen LogP contribution in [-0.2, 0) is 17.6 Å². The molecule has 10 heteroatoms. The lowest BCUT2D eigenvalue weighted by atomic mass is 9.88. The molecule has 0 bridgehead atoms. The third-order valence-electron chi connectivity index (χ3n) is 7.92. The van der Waals surface area contributed by atoms with E-state index in [2.05, 4.69) is 10.3 Å². The predicted molar refractivity (Wildman–Crippen MR) is 171 cm³/mol. The summed E-state index contributed by atoms with van der Waals surface area (Å²) in [7, 11) is 1.58. The van der Waals surface area contributed by atoms with Crippen LogP contribution in [0.5, 0.6) is 11.6 Å². The molecular formula is C34H35Cl2N3O5. The minimum absolute atomic E-state index is 0.0238. The number of fused-ring (bicyclic) bond motifs is 1. The van der Waals surface area contributed by atoms with E-state index >= 15 is 0 Å². The number of carbonyl (C=O) groups is 1. The summed E-state index contributed by atoms with van der Waals surface area (Å²) in [6, 6.07) is 22.7. The molecule has 0 saturated carbocycles. The molecule has 0 radical (unpaired) electrons. The number of pyridine rings is 1. The Hall–Kier alpha value is -3.66. The van der Waals surface area contributed by atoms with Crippen molar-refractivity contribution in [2.24, 2.45) is 11.7 Å². The van der Waals surface area contributed by atoms with Crippen LogP contribution in [0.25, 0.3) is 11.1 Å². The van der Waals surface area contributed by atoms with Crippen molar-refractivity contribution in [1.29, 1.82) is 0 Å². The van der Waals surface area contributed by atoms with E-state index in [1.165, 1.54) is 0 Å². The Kier molecular flexibility index (Phi) is 10.4. The summed E-state index contributed by atoms with van der Waals surface area (Å²) in [5.74, 6) is 0.0676. The van der Waals surface area contributed by atoms with Crippen LogP contribution in [-0.4, -0.2) is 53.1 Å². The predicted octanol–water partition coefficient (Wildman–Crippen LogP) is 5.15. The number of hydrogen-bond acceptors (Lipinski definition) is 7. The van der Waals surface area contributed by atoms with Crippen molar-refractivity contribution >= 4 is 29.1 Å². The molecule has 0 fully saturated rings. The van der Waals surface area contributed by atoms with Crippen molar-refractivity contribution in [2.45, 2.75) is 43.6 Å². The first-order valence-electron chi connectivity index (χ1n) is 14.4. The fourth-order valence-corrected chi connectivity index (χ4v) is 5.80. The van der Waals surface area contributed by atoms with Crippen LogP contribution in [0.1, 0.15) is 29.2 Å². The minimum Gasteiger partial charge on any atom is -0.490 e. The molecule has 1 aliphatic heterocycles. The monoisotopic (exact) mass is 635 g/mol. The highest BCUT2D eigenvalue weighted by atomic mass is 35.5. The highest BCUT2D eigenvalue weighted by molar-refractivity contribution is 6.31. The van der Waals surface area contributed by atoms with Crippen molar-refractivity contribution < 1.29 is 24.5 Å². The fourth-order valence-electron chi connectivity index (χ4n) is 5.41. The molecule has 230 valence electrons. The van der Waals surface area contributed by atoms with E-state index in [1.54, 1.807) is 43.6 Å². The Morgan fingerprint density at radius 3 is 2.52 bits per heavy atom. The Balaban J connectivity index is 1.29. The largest absolute Gasteiger partial charge is 0.490 e. The summed E-state index contributed by atoms with van der Waals surface area (Å²) >= 11 is 12.7. The molecule has 2 heterocycles. The summed E-state index contributed by atoms with van der Waals surface area (Å²) in [4.78, 5) is 18.1. The summed E-state index contributed by atoms with van der Waals surface area (Å²) in [5.41, 5.74) is 10.7. The second kappa shape index (κ2) is 14.4. The first-order valence-corrected chi connectivity index (χ1v) is 15.1. The first-order chi connectivity index (χ1) is 21.2. The van der Waals surface area contributed by atoms with Crippen molar-refractivity contribution in [1.82, 2.24) is 10.3 Å². The number of hydrogen-bond donors (Lipinski definition) is 4. The number of halogens is 2. The molecule has 4 aromatic rings.